The van der Waals surface area contributed by atoms with E-state index in [1.54, 1.807) is 12.1 Å². The Balaban J connectivity index is 1.60. The topological polar surface area (TPSA) is 55.8 Å². The molecule has 208 valence electrons. The number of hydrogen-bond acceptors (Lipinski definition) is 3. The van der Waals surface area contributed by atoms with Crippen LogP contribution in [0.25, 0.3) is 11.1 Å². The van der Waals surface area contributed by atoms with Crippen LogP contribution in [0.4, 0.5) is 4.39 Å². The molecule has 1 aliphatic rings. The quantitative estimate of drug-likeness (QED) is 0.225. The van der Waals surface area contributed by atoms with Crippen LogP contribution in [0.15, 0.2) is 60.7 Å². The molecule has 1 fully saturated rings. The number of carboxylic acids is 1. The van der Waals surface area contributed by atoms with Crippen LogP contribution in [0.2, 0.25) is 0 Å². The number of carboxylic acid groups (broad SMARTS) is 1. The summed E-state index contributed by atoms with van der Waals surface area (Å²) < 4.78 is 26.9. The number of aliphatic carboxylic acids is 1. The summed E-state index contributed by atoms with van der Waals surface area (Å²) >= 11 is 0. The predicted molar refractivity (Wildman–Crippen MR) is 154 cm³/mol. The van der Waals surface area contributed by atoms with Gasteiger partial charge in [0.25, 0.3) is 0 Å². The molecule has 0 saturated heterocycles. The fraction of sp³-hybridized carbons (Fsp3) is 0.441. The molecule has 0 bridgehead atoms. The van der Waals surface area contributed by atoms with E-state index >= 15 is 4.39 Å². The van der Waals surface area contributed by atoms with E-state index in [1.165, 1.54) is 6.07 Å². The van der Waals surface area contributed by atoms with E-state index in [1.807, 2.05) is 43.3 Å². The van der Waals surface area contributed by atoms with Crippen molar-refractivity contribution in [3.05, 3.63) is 83.2 Å². The third kappa shape index (κ3) is 7.84. The first-order valence-corrected chi connectivity index (χ1v) is 14.2. The highest BCUT2D eigenvalue weighted by Crippen LogP contribution is 2.45. The molecule has 0 heterocycles. The second-order valence-corrected chi connectivity index (χ2v) is 11.6. The Kier molecular flexibility index (Phi) is 9.32. The maximum Gasteiger partial charge on any atom is 0.303 e. The van der Waals surface area contributed by atoms with Crippen LogP contribution < -0.4 is 9.47 Å². The van der Waals surface area contributed by atoms with Gasteiger partial charge in [0.05, 0.1) is 13.0 Å². The Morgan fingerprint density at radius 1 is 1.00 bits per heavy atom. The maximum absolute atomic E-state index is 15.1. The summed E-state index contributed by atoms with van der Waals surface area (Å²) in [6, 6.07) is 18.9. The second-order valence-electron chi connectivity index (χ2n) is 11.6. The van der Waals surface area contributed by atoms with Gasteiger partial charge in [0.15, 0.2) is 0 Å². The van der Waals surface area contributed by atoms with Crippen molar-refractivity contribution in [1.82, 2.24) is 0 Å². The first-order valence-electron chi connectivity index (χ1n) is 14.2. The highest BCUT2D eigenvalue weighted by Gasteiger charge is 2.33. The SMILES string of the molecule is CCCC(C)(C)Cc1cc(COc2cccc(C(CC(=O)O)C3CC3)c2)ccc1-c1cc(OCC)ccc1F. The van der Waals surface area contributed by atoms with Crippen LogP contribution >= 0.6 is 0 Å². The van der Waals surface area contributed by atoms with Gasteiger partial charge < -0.3 is 14.6 Å². The molecule has 1 N–H and O–H groups in total. The summed E-state index contributed by atoms with van der Waals surface area (Å²) in [5, 5.41) is 9.39. The molecule has 5 heteroatoms. The van der Waals surface area contributed by atoms with Crippen LogP contribution in [0, 0.1) is 17.2 Å². The molecular weight excluding hydrogens is 491 g/mol. The van der Waals surface area contributed by atoms with E-state index < -0.39 is 5.97 Å². The number of ether oxygens (including phenoxy) is 2. The highest BCUT2D eigenvalue weighted by atomic mass is 19.1. The van der Waals surface area contributed by atoms with Crippen LogP contribution in [-0.4, -0.2) is 17.7 Å². The Morgan fingerprint density at radius 3 is 2.46 bits per heavy atom. The van der Waals surface area contributed by atoms with Gasteiger partial charge in [0.2, 0.25) is 0 Å². The summed E-state index contributed by atoms with van der Waals surface area (Å²) in [6.07, 6.45) is 5.28. The van der Waals surface area contributed by atoms with E-state index in [2.05, 4.69) is 26.8 Å². The lowest BCUT2D eigenvalue weighted by Gasteiger charge is -2.26. The van der Waals surface area contributed by atoms with E-state index in [9.17, 15) is 9.90 Å². The molecule has 1 atom stereocenters. The number of carbonyl (C=O) groups is 1. The fourth-order valence-corrected chi connectivity index (χ4v) is 5.64. The standard InChI is InChI=1S/C34H41FO4/c1-5-16-34(3,4)21-26-17-23(10-14-29(26)31-19-28(38-6-2)13-15-32(31)35)22-39-27-9-7-8-25(18-27)30(20-33(36)37)24-11-12-24/h7-10,13-15,17-19,24,30H,5-6,11-12,16,20-22H2,1-4H3,(H,36,37). The smallest absolute Gasteiger partial charge is 0.303 e. The van der Waals surface area contributed by atoms with E-state index in [0.717, 1.165) is 60.1 Å². The lowest BCUT2D eigenvalue weighted by molar-refractivity contribution is -0.137. The summed E-state index contributed by atoms with van der Waals surface area (Å²) in [4.78, 5) is 11.4. The third-order valence-corrected chi connectivity index (χ3v) is 7.58. The zero-order valence-electron chi connectivity index (χ0n) is 23.6. The van der Waals surface area contributed by atoms with Gasteiger partial charge in [-0.2, -0.15) is 0 Å². The van der Waals surface area contributed by atoms with Gasteiger partial charge >= 0.3 is 5.97 Å². The first kappa shape index (κ1) is 28.7. The lowest BCUT2D eigenvalue weighted by Crippen LogP contribution is -2.15. The van der Waals surface area contributed by atoms with Gasteiger partial charge in [-0.3, -0.25) is 4.79 Å². The maximum atomic E-state index is 15.1. The molecule has 0 aliphatic heterocycles. The zero-order valence-corrected chi connectivity index (χ0v) is 23.6. The zero-order chi connectivity index (χ0) is 28.0. The Labute approximate surface area is 232 Å². The van der Waals surface area contributed by atoms with Gasteiger partial charge in [0, 0.05) is 5.56 Å². The van der Waals surface area contributed by atoms with Gasteiger partial charge in [-0.05, 0) is 102 Å². The molecule has 3 aromatic carbocycles. The van der Waals surface area contributed by atoms with Crippen molar-refractivity contribution >= 4 is 5.97 Å². The molecule has 39 heavy (non-hydrogen) atoms. The molecule has 3 aromatic rings. The molecular formula is C34H41FO4. The van der Waals surface area contributed by atoms with Gasteiger partial charge in [-0.1, -0.05) is 57.5 Å². The molecule has 1 aliphatic carbocycles. The van der Waals surface area contributed by atoms with E-state index in [4.69, 9.17) is 9.47 Å². The summed E-state index contributed by atoms with van der Waals surface area (Å²) in [5.74, 6) is 0.836. The van der Waals surface area contributed by atoms with Crippen molar-refractivity contribution in [3.8, 4) is 22.6 Å². The Morgan fingerprint density at radius 2 is 1.77 bits per heavy atom. The van der Waals surface area contributed by atoms with Gasteiger partial charge in [-0.15, -0.1) is 0 Å². The molecule has 4 nitrogen and oxygen atoms in total. The van der Waals surface area contributed by atoms with Crippen LogP contribution in [0.1, 0.15) is 82.4 Å². The molecule has 0 amide bonds. The highest BCUT2D eigenvalue weighted by molar-refractivity contribution is 5.70. The van der Waals surface area contributed by atoms with Crippen molar-refractivity contribution < 1.29 is 23.8 Å². The van der Waals surface area contributed by atoms with Crippen LogP contribution in [0.3, 0.4) is 0 Å². The van der Waals surface area contributed by atoms with E-state index in [0.29, 0.717) is 30.4 Å². The van der Waals surface area contributed by atoms with Gasteiger partial charge in [0.1, 0.15) is 23.9 Å². The minimum Gasteiger partial charge on any atom is -0.494 e. The molecule has 1 saturated carbocycles. The van der Waals surface area contributed by atoms with Crippen molar-refractivity contribution in [2.24, 2.45) is 11.3 Å². The first-order chi connectivity index (χ1) is 18.7. The summed E-state index contributed by atoms with van der Waals surface area (Å²) in [5.41, 5.74) is 4.62. The minimum absolute atomic E-state index is 0.0279. The number of benzene rings is 3. The van der Waals surface area contributed by atoms with Crippen molar-refractivity contribution in [2.75, 3.05) is 6.61 Å². The van der Waals surface area contributed by atoms with Crippen LogP contribution in [0.5, 0.6) is 11.5 Å². The van der Waals surface area contributed by atoms with Gasteiger partial charge in [-0.25, -0.2) is 4.39 Å². The molecule has 0 radical (unpaired) electrons. The average Bonchev–Trinajstić information content (AvgIpc) is 3.73. The largest absolute Gasteiger partial charge is 0.494 e. The molecule has 1 unspecified atom stereocenters. The third-order valence-electron chi connectivity index (χ3n) is 7.58. The number of hydrogen-bond donors (Lipinski definition) is 1. The normalized spacial score (nSPS) is 14.2. The molecule has 4 rings (SSSR count). The molecule has 0 spiro atoms. The Hall–Kier alpha value is -3.34. The summed E-state index contributed by atoms with van der Waals surface area (Å²) in [7, 11) is 0. The van der Waals surface area contributed by atoms with E-state index in [-0.39, 0.29) is 23.6 Å². The number of halogens is 1. The fourth-order valence-electron chi connectivity index (χ4n) is 5.64. The Bertz CT molecular complexity index is 1280. The average molecular weight is 533 g/mol. The van der Waals surface area contributed by atoms with Crippen molar-refractivity contribution in [2.45, 2.75) is 78.7 Å². The number of rotatable bonds is 14. The van der Waals surface area contributed by atoms with Crippen molar-refractivity contribution in [1.29, 1.82) is 0 Å². The second kappa shape index (κ2) is 12.7. The molecule has 0 aromatic heterocycles. The summed E-state index contributed by atoms with van der Waals surface area (Å²) in [6.45, 7) is 9.53. The monoisotopic (exact) mass is 532 g/mol. The predicted octanol–water partition coefficient (Wildman–Crippen LogP) is 8.81. The van der Waals surface area contributed by atoms with Crippen molar-refractivity contribution in [3.63, 3.8) is 0 Å². The van der Waals surface area contributed by atoms with Crippen LogP contribution in [-0.2, 0) is 17.8 Å². The lowest BCUT2D eigenvalue weighted by atomic mass is 9.79. The minimum atomic E-state index is -0.764.